The van der Waals surface area contributed by atoms with Crippen LogP contribution in [0.4, 0.5) is 10.5 Å². The molecule has 0 unspecified atom stereocenters. The molecule has 2 N–H and O–H groups in total. The van der Waals surface area contributed by atoms with Gasteiger partial charge < -0.3 is 15.4 Å². The zero-order valence-corrected chi connectivity index (χ0v) is 13.7. The highest BCUT2D eigenvalue weighted by atomic mass is 16.5. The van der Waals surface area contributed by atoms with Crippen LogP contribution in [0.2, 0.25) is 0 Å². The molecule has 126 valence electrons. The van der Waals surface area contributed by atoms with Crippen molar-refractivity contribution in [2.75, 3.05) is 11.9 Å². The number of carbonyl (C=O) groups excluding carboxylic acids is 2. The smallest absolute Gasteiger partial charge is 0.319 e. The number of aryl methyl sites for hydroxylation is 1. The fraction of sp³-hybridized carbons (Fsp3) is 0.263. The normalized spacial score (nSPS) is 10.0. The van der Waals surface area contributed by atoms with E-state index in [2.05, 4.69) is 22.8 Å². The Morgan fingerprint density at radius 3 is 2.54 bits per heavy atom. The molecule has 0 aliphatic carbocycles. The zero-order valence-electron chi connectivity index (χ0n) is 13.7. The summed E-state index contributed by atoms with van der Waals surface area (Å²) in [6, 6.07) is 16.7. The Labute approximate surface area is 142 Å². The van der Waals surface area contributed by atoms with E-state index < -0.39 is 5.97 Å². The van der Waals surface area contributed by atoms with Crippen molar-refractivity contribution in [1.82, 2.24) is 5.32 Å². The van der Waals surface area contributed by atoms with Gasteiger partial charge in [0.05, 0.1) is 0 Å². The number of urea groups is 1. The first kappa shape index (κ1) is 17.5. The van der Waals surface area contributed by atoms with Gasteiger partial charge in [0.1, 0.15) is 5.75 Å². The molecule has 2 amide bonds. The monoisotopic (exact) mass is 326 g/mol. The Morgan fingerprint density at radius 1 is 1.00 bits per heavy atom. The van der Waals surface area contributed by atoms with Crippen LogP contribution in [0.25, 0.3) is 0 Å². The van der Waals surface area contributed by atoms with Crippen molar-refractivity contribution in [2.45, 2.75) is 26.2 Å². The van der Waals surface area contributed by atoms with Gasteiger partial charge in [0, 0.05) is 25.2 Å². The second-order valence-electron chi connectivity index (χ2n) is 5.45. The van der Waals surface area contributed by atoms with E-state index >= 15 is 0 Å². The second kappa shape index (κ2) is 9.35. The summed E-state index contributed by atoms with van der Waals surface area (Å²) >= 11 is 0. The zero-order chi connectivity index (χ0) is 17.2. The van der Waals surface area contributed by atoms with Crippen LogP contribution >= 0.6 is 0 Å². The van der Waals surface area contributed by atoms with Crippen molar-refractivity contribution in [3.05, 3.63) is 60.2 Å². The SMILES string of the molecule is CC(=O)Oc1cccc(NC(=O)NCCCCc2ccccc2)c1. The maximum atomic E-state index is 11.8. The van der Waals surface area contributed by atoms with E-state index in [1.54, 1.807) is 24.3 Å². The first-order chi connectivity index (χ1) is 11.6. The summed E-state index contributed by atoms with van der Waals surface area (Å²) < 4.78 is 4.98. The van der Waals surface area contributed by atoms with Crippen LogP contribution < -0.4 is 15.4 Å². The van der Waals surface area contributed by atoms with E-state index in [1.807, 2.05) is 18.2 Å². The number of hydrogen-bond donors (Lipinski definition) is 2. The van der Waals surface area contributed by atoms with Gasteiger partial charge in [0.15, 0.2) is 0 Å². The molecule has 0 aromatic heterocycles. The fourth-order valence-corrected chi connectivity index (χ4v) is 2.28. The van der Waals surface area contributed by atoms with Gasteiger partial charge in [-0.3, -0.25) is 4.79 Å². The molecule has 0 saturated carbocycles. The Morgan fingerprint density at radius 2 is 1.79 bits per heavy atom. The van der Waals surface area contributed by atoms with Gasteiger partial charge in [-0.2, -0.15) is 0 Å². The van der Waals surface area contributed by atoms with Gasteiger partial charge in [-0.1, -0.05) is 36.4 Å². The summed E-state index contributed by atoms with van der Waals surface area (Å²) in [5.74, 6) is 0.0122. The van der Waals surface area contributed by atoms with E-state index in [9.17, 15) is 9.59 Å². The average Bonchev–Trinajstić information content (AvgIpc) is 2.55. The summed E-state index contributed by atoms with van der Waals surface area (Å²) in [5.41, 5.74) is 1.89. The quantitative estimate of drug-likeness (QED) is 0.462. The Bertz CT molecular complexity index is 671. The number of carbonyl (C=O) groups is 2. The van der Waals surface area contributed by atoms with Crippen molar-refractivity contribution in [3.63, 3.8) is 0 Å². The van der Waals surface area contributed by atoms with Gasteiger partial charge in [0.25, 0.3) is 0 Å². The first-order valence-electron chi connectivity index (χ1n) is 8.01. The van der Waals surface area contributed by atoms with Crippen LogP contribution in [0.5, 0.6) is 5.75 Å². The number of benzene rings is 2. The minimum atomic E-state index is -0.394. The number of esters is 1. The van der Waals surface area contributed by atoms with Crippen LogP contribution in [-0.4, -0.2) is 18.5 Å². The standard InChI is InChI=1S/C19H22N2O3/c1-15(22)24-18-12-7-11-17(14-18)21-19(23)20-13-6-5-10-16-8-3-2-4-9-16/h2-4,7-9,11-12,14H,5-6,10,13H2,1H3,(H2,20,21,23). The second-order valence-corrected chi connectivity index (χ2v) is 5.45. The Kier molecular flexibility index (Phi) is 6.83. The lowest BCUT2D eigenvalue weighted by molar-refractivity contribution is -0.131. The van der Waals surface area contributed by atoms with E-state index in [0.717, 1.165) is 19.3 Å². The summed E-state index contributed by atoms with van der Waals surface area (Å²) in [4.78, 5) is 22.8. The molecule has 0 saturated heterocycles. The van der Waals surface area contributed by atoms with Crippen molar-refractivity contribution < 1.29 is 14.3 Å². The van der Waals surface area contributed by atoms with Crippen molar-refractivity contribution in [1.29, 1.82) is 0 Å². The summed E-state index contributed by atoms with van der Waals surface area (Å²) in [7, 11) is 0. The molecule has 2 aromatic carbocycles. The molecule has 0 spiro atoms. The van der Waals surface area contributed by atoms with E-state index in [4.69, 9.17) is 4.74 Å². The Hall–Kier alpha value is -2.82. The van der Waals surface area contributed by atoms with Crippen LogP contribution in [0.1, 0.15) is 25.3 Å². The predicted octanol–water partition coefficient (Wildman–Crippen LogP) is 3.76. The summed E-state index contributed by atoms with van der Waals surface area (Å²) in [5, 5.41) is 5.54. The average molecular weight is 326 g/mol. The fourth-order valence-electron chi connectivity index (χ4n) is 2.28. The highest BCUT2D eigenvalue weighted by Crippen LogP contribution is 2.17. The lowest BCUT2D eigenvalue weighted by atomic mass is 10.1. The van der Waals surface area contributed by atoms with Crippen LogP contribution in [0.3, 0.4) is 0 Å². The number of nitrogens with one attached hydrogen (secondary N) is 2. The van der Waals surface area contributed by atoms with Gasteiger partial charge in [-0.05, 0) is 37.0 Å². The molecule has 5 nitrogen and oxygen atoms in total. The number of amides is 2. The summed E-state index contributed by atoms with van der Waals surface area (Å²) in [6.07, 6.45) is 2.94. The van der Waals surface area contributed by atoms with E-state index in [0.29, 0.717) is 18.0 Å². The highest BCUT2D eigenvalue weighted by Gasteiger charge is 2.03. The number of rotatable bonds is 7. The largest absolute Gasteiger partial charge is 0.427 e. The molecule has 0 heterocycles. The highest BCUT2D eigenvalue weighted by molar-refractivity contribution is 5.89. The molecule has 0 atom stereocenters. The maximum Gasteiger partial charge on any atom is 0.319 e. The predicted molar refractivity (Wildman–Crippen MR) is 94.2 cm³/mol. The number of anilines is 1. The topological polar surface area (TPSA) is 67.4 Å². The molecule has 2 rings (SSSR count). The summed E-state index contributed by atoms with van der Waals surface area (Å²) in [6.45, 7) is 1.95. The van der Waals surface area contributed by atoms with Gasteiger partial charge in [-0.15, -0.1) is 0 Å². The molecular weight excluding hydrogens is 304 g/mol. The van der Waals surface area contributed by atoms with E-state index in [1.165, 1.54) is 12.5 Å². The van der Waals surface area contributed by atoms with Gasteiger partial charge in [-0.25, -0.2) is 4.79 Å². The molecule has 2 aromatic rings. The molecular formula is C19H22N2O3. The minimum Gasteiger partial charge on any atom is -0.427 e. The lowest BCUT2D eigenvalue weighted by Gasteiger charge is -2.09. The van der Waals surface area contributed by atoms with Gasteiger partial charge >= 0.3 is 12.0 Å². The maximum absolute atomic E-state index is 11.8. The number of ether oxygens (including phenoxy) is 1. The molecule has 0 aliphatic heterocycles. The Balaban J connectivity index is 1.67. The third-order valence-corrected chi connectivity index (χ3v) is 3.37. The molecule has 0 bridgehead atoms. The van der Waals surface area contributed by atoms with Crippen molar-refractivity contribution in [3.8, 4) is 5.75 Å². The minimum absolute atomic E-state index is 0.269. The van der Waals surface area contributed by atoms with Crippen LogP contribution in [0.15, 0.2) is 54.6 Å². The van der Waals surface area contributed by atoms with Crippen molar-refractivity contribution in [2.24, 2.45) is 0 Å². The third kappa shape index (κ3) is 6.52. The number of unbranched alkanes of at least 4 members (excludes halogenated alkanes) is 1. The first-order valence-corrected chi connectivity index (χ1v) is 8.01. The van der Waals surface area contributed by atoms with Crippen molar-refractivity contribution >= 4 is 17.7 Å². The lowest BCUT2D eigenvalue weighted by Crippen LogP contribution is -2.29. The molecule has 24 heavy (non-hydrogen) atoms. The third-order valence-electron chi connectivity index (χ3n) is 3.37. The van der Waals surface area contributed by atoms with Crippen LogP contribution in [-0.2, 0) is 11.2 Å². The van der Waals surface area contributed by atoms with Crippen LogP contribution in [0, 0.1) is 0 Å². The molecule has 0 fully saturated rings. The molecule has 0 aliphatic rings. The molecule has 0 radical (unpaired) electrons. The number of hydrogen-bond acceptors (Lipinski definition) is 3. The molecule has 5 heteroatoms. The van der Waals surface area contributed by atoms with E-state index in [-0.39, 0.29) is 6.03 Å². The van der Waals surface area contributed by atoms with Gasteiger partial charge in [0.2, 0.25) is 0 Å².